The Labute approximate surface area is 66.6 Å². The topological polar surface area (TPSA) is 55.1 Å². The third-order valence-corrected chi connectivity index (χ3v) is 1.79. The van der Waals surface area contributed by atoms with Crippen molar-refractivity contribution in [3.8, 4) is 0 Å². The standard InChI is InChI=1S/C8H14N2O/c9-8(11)6-10-7-4-2-1-3-5-7/h2,4,7,10H,1,3,5-6H2,(H2,9,11). The first-order valence-corrected chi connectivity index (χ1v) is 3.97. The van der Waals surface area contributed by atoms with Gasteiger partial charge in [-0.3, -0.25) is 4.79 Å². The molecule has 0 aromatic carbocycles. The molecule has 0 heterocycles. The SMILES string of the molecule is NC(=O)CNC1C=CCCC1. The number of nitrogens with one attached hydrogen (secondary N) is 1. The van der Waals surface area contributed by atoms with Crippen LogP contribution in [0.25, 0.3) is 0 Å². The van der Waals surface area contributed by atoms with Gasteiger partial charge in [-0.2, -0.15) is 0 Å². The molecule has 0 aromatic rings. The average molecular weight is 154 g/mol. The first-order chi connectivity index (χ1) is 5.29. The van der Waals surface area contributed by atoms with Gasteiger partial charge in [-0.1, -0.05) is 12.2 Å². The highest BCUT2D eigenvalue weighted by atomic mass is 16.1. The summed E-state index contributed by atoms with van der Waals surface area (Å²) in [5.41, 5.74) is 4.98. The molecule has 0 fully saturated rings. The summed E-state index contributed by atoms with van der Waals surface area (Å²) in [5.74, 6) is -0.288. The molecule has 1 atom stereocenters. The summed E-state index contributed by atoms with van der Waals surface area (Å²) >= 11 is 0. The molecule has 1 amide bonds. The minimum atomic E-state index is -0.288. The number of rotatable bonds is 3. The largest absolute Gasteiger partial charge is 0.369 e. The second-order valence-electron chi connectivity index (χ2n) is 2.81. The Kier molecular flexibility index (Phi) is 3.11. The number of nitrogens with two attached hydrogens (primary N) is 1. The maximum Gasteiger partial charge on any atom is 0.231 e. The monoisotopic (exact) mass is 154 g/mol. The van der Waals surface area contributed by atoms with Crippen LogP contribution in [0.3, 0.4) is 0 Å². The summed E-state index contributed by atoms with van der Waals surface area (Å²) in [4.78, 5) is 10.4. The molecular weight excluding hydrogens is 140 g/mol. The van der Waals surface area contributed by atoms with Gasteiger partial charge in [0.15, 0.2) is 0 Å². The summed E-state index contributed by atoms with van der Waals surface area (Å²) in [6.45, 7) is 0.287. The first-order valence-electron chi connectivity index (χ1n) is 3.97. The van der Waals surface area contributed by atoms with Gasteiger partial charge in [0.25, 0.3) is 0 Å². The van der Waals surface area contributed by atoms with Crippen molar-refractivity contribution in [2.24, 2.45) is 5.73 Å². The zero-order valence-corrected chi connectivity index (χ0v) is 6.55. The van der Waals surface area contributed by atoms with Crippen molar-refractivity contribution in [3.63, 3.8) is 0 Å². The van der Waals surface area contributed by atoms with Gasteiger partial charge in [0, 0.05) is 6.04 Å². The predicted octanol–water partition coefficient (Wildman–Crippen LogP) is 0.170. The molecule has 1 rings (SSSR count). The lowest BCUT2D eigenvalue weighted by Gasteiger charge is -2.16. The van der Waals surface area contributed by atoms with Crippen LogP contribution in [0.5, 0.6) is 0 Å². The Balaban J connectivity index is 2.20. The summed E-state index contributed by atoms with van der Waals surface area (Å²) in [6.07, 6.45) is 7.72. The molecule has 3 N–H and O–H groups in total. The number of primary amides is 1. The molecule has 3 heteroatoms. The Morgan fingerprint density at radius 3 is 3.09 bits per heavy atom. The maximum absolute atomic E-state index is 10.4. The van der Waals surface area contributed by atoms with E-state index in [2.05, 4.69) is 17.5 Å². The molecule has 1 aliphatic carbocycles. The Hall–Kier alpha value is -0.830. The van der Waals surface area contributed by atoms with E-state index in [1.165, 1.54) is 6.42 Å². The Bertz CT molecular complexity index is 165. The number of amides is 1. The van der Waals surface area contributed by atoms with E-state index < -0.39 is 0 Å². The van der Waals surface area contributed by atoms with Crippen LogP contribution in [0.2, 0.25) is 0 Å². The van der Waals surface area contributed by atoms with Crippen molar-refractivity contribution in [3.05, 3.63) is 12.2 Å². The van der Waals surface area contributed by atoms with Crippen molar-refractivity contribution in [1.82, 2.24) is 5.32 Å². The smallest absolute Gasteiger partial charge is 0.231 e. The lowest BCUT2D eigenvalue weighted by molar-refractivity contribution is -0.117. The summed E-state index contributed by atoms with van der Waals surface area (Å²) in [6, 6.07) is 0.358. The minimum absolute atomic E-state index is 0.287. The van der Waals surface area contributed by atoms with Crippen LogP contribution in [0.15, 0.2) is 12.2 Å². The summed E-state index contributed by atoms with van der Waals surface area (Å²) in [5, 5.41) is 3.06. The van der Waals surface area contributed by atoms with Crippen molar-refractivity contribution in [1.29, 1.82) is 0 Å². The van der Waals surface area contributed by atoms with Crippen LogP contribution in [-0.2, 0) is 4.79 Å². The van der Waals surface area contributed by atoms with Gasteiger partial charge in [-0.25, -0.2) is 0 Å². The van der Waals surface area contributed by atoms with Gasteiger partial charge in [0.2, 0.25) is 5.91 Å². The minimum Gasteiger partial charge on any atom is -0.369 e. The van der Waals surface area contributed by atoms with Crippen molar-refractivity contribution < 1.29 is 4.79 Å². The average Bonchev–Trinajstić information content (AvgIpc) is 2.03. The fraction of sp³-hybridized carbons (Fsp3) is 0.625. The molecule has 0 bridgehead atoms. The number of carbonyl (C=O) groups is 1. The van der Waals surface area contributed by atoms with Crippen LogP contribution in [0.1, 0.15) is 19.3 Å². The normalized spacial score (nSPS) is 23.5. The highest BCUT2D eigenvalue weighted by Crippen LogP contribution is 2.09. The van der Waals surface area contributed by atoms with Gasteiger partial charge in [-0.15, -0.1) is 0 Å². The van der Waals surface area contributed by atoms with Gasteiger partial charge in [-0.05, 0) is 19.3 Å². The van der Waals surface area contributed by atoms with E-state index in [1.807, 2.05) is 0 Å². The van der Waals surface area contributed by atoms with Crippen molar-refractivity contribution in [2.75, 3.05) is 6.54 Å². The number of hydrogen-bond donors (Lipinski definition) is 2. The second kappa shape index (κ2) is 4.13. The molecule has 0 saturated carbocycles. The van der Waals surface area contributed by atoms with Crippen LogP contribution in [0, 0.1) is 0 Å². The molecule has 0 spiro atoms. The van der Waals surface area contributed by atoms with Crippen molar-refractivity contribution in [2.45, 2.75) is 25.3 Å². The second-order valence-corrected chi connectivity index (χ2v) is 2.81. The number of hydrogen-bond acceptors (Lipinski definition) is 2. The molecular formula is C8H14N2O. The molecule has 3 nitrogen and oxygen atoms in total. The van der Waals surface area contributed by atoms with Gasteiger partial charge in [0.1, 0.15) is 0 Å². The lowest BCUT2D eigenvalue weighted by atomic mass is 10.0. The van der Waals surface area contributed by atoms with Crippen LogP contribution >= 0.6 is 0 Å². The van der Waals surface area contributed by atoms with Crippen LogP contribution in [-0.4, -0.2) is 18.5 Å². The summed E-state index contributed by atoms with van der Waals surface area (Å²) < 4.78 is 0. The predicted molar refractivity (Wildman–Crippen MR) is 44.0 cm³/mol. The van der Waals surface area contributed by atoms with E-state index in [4.69, 9.17) is 5.73 Å². The van der Waals surface area contributed by atoms with E-state index in [9.17, 15) is 4.79 Å². The van der Waals surface area contributed by atoms with Crippen molar-refractivity contribution >= 4 is 5.91 Å². The molecule has 1 unspecified atom stereocenters. The third-order valence-electron chi connectivity index (χ3n) is 1.79. The highest BCUT2D eigenvalue weighted by molar-refractivity contribution is 5.75. The van der Waals surface area contributed by atoms with Crippen LogP contribution in [0.4, 0.5) is 0 Å². The fourth-order valence-corrected chi connectivity index (χ4v) is 1.21. The van der Waals surface area contributed by atoms with Gasteiger partial charge >= 0.3 is 0 Å². The van der Waals surface area contributed by atoms with E-state index in [-0.39, 0.29) is 12.5 Å². The molecule has 0 saturated heterocycles. The number of carbonyl (C=O) groups excluding carboxylic acids is 1. The maximum atomic E-state index is 10.4. The summed E-state index contributed by atoms with van der Waals surface area (Å²) in [7, 11) is 0. The van der Waals surface area contributed by atoms with E-state index in [1.54, 1.807) is 0 Å². The highest BCUT2D eigenvalue weighted by Gasteiger charge is 2.07. The lowest BCUT2D eigenvalue weighted by Crippen LogP contribution is -2.36. The fourth-order valence-electron chi connectivity index (χ4n) is 1.21. The van der Waals surface area contributed by atoms with E-state index in [0.717, 1.165) is 12.8 Å². The molecule has 1 aliphatic rings. The van der Waals surface area contributed by atoms with E-state index in [0.29, 0.717) is 6.04 Å². The van der Waals surface area contributed by atoms with Crippen LogP contribution < -0.4 is 11.1 Å². The Morgan fingerprint density at radius 2 is 2.55 bits per heavy atom. The molecule has 62 valence electrons. The molecule has 0 radical (unpaired) electrons. The zero-order valence-electron chi connectivity index (χ0n) is 6.55. The molecule has 11 heavy (non-hydrogen) atoms. The third kappa shape index (κ3) is 3.18. The zero-order chi connectivity index (χ0) is 8.10. The first kappa shape index (κ1) is 8.27. The Morgan fingerprint density at radius 1 is 1.73 bits per heavy atom. The molecule has 0 aromatic heterocycles. The van der Waals surface area contributed by atoms with Gasteiger partial charge in [0.05, 0.1) is 6.54 Å². The number of allylic oxidation sites excluding steroid dienone is 1. The van der Waals surface area contributed by atoms with E-state index >= 15 is 0 Å². The quantitative estimate of drug-likeness (QED) is 0.569. The van der Waals surface area contributed by atoms with Gasteiger partial charge < -0.3 is 11.1 Å². The molecule has 0 aliphatic heterocycles.